The van der Waals surface area contributed by atoms with Gasteiger partial charge in [-0.15, -0.1) is 14.9 Å². The Morgan fingerprint density at radius 1 is 0.927 bits per heavy atom. The third kappa shape index (κ3) is 4.44. The molecule has 0 fully saturated rings. The van der Waals surface area contributed by atoms with Gasteiger partial charge in [0.15, 0.2) is 5.65 Å². The molecule has 2 aromatic carbocycles. The number of carbonyl (C=O) groups excluding carboxylic acids is 2. The van der Waals surface area contributed by atoms with Crippen LogP contribution in [0, 0.1) is 6.92 Å². The minimum Gasteiger partial charge on any atom is -0.332 e. The van der Waals surface area contributed by atoms with Crippen molar-refractivity contribution in [3.63, 3.8) is 0 Å². The van der Waals surface area contributed by atoms with Crippen molar-refractivity contribution in [3.8, 4) is 11.3 Å². The summed E-state index contributed by atoms with van der Waals surface area (Å²) in [6.45, 7) is 3.42. The molecule has 12 nitrogen and oxygen atoms in total. The summed E-state index contributed by atoms with van der Waals surface area (Å²) in [7, 11) is 0. The Hall–Kier alpha value is -5.52. The first kappa shape index (κ1) is 24.5. The molecule has 0 spiro atoms. The van der Waals surface area contributed by atoms with Crippen LogP contribution in [-0.4, -0.2) is 63.5 Å². The minimum atomic E-state index is -0.378. The van der Waals surface area contributed by atoms with Crippen molar-refractivity contribution in [2.45, 2.75) is 26.4 Å². The predicted molar refractivity (Wildman–Crippen MR) is 150 cm³/mol. The molecule has 1 aliphatic heterocycles. The number of benzene rings is 2. The summed E-state index contributed by atoms with van der Waals surface area (Å²) in [5.41, 5.74) is 8.00. The van der Waals surface area contributed by atoms with Crippen molar-refractivity contribution in [1.29, 1.82) is 0 Å². The van der Waals surface area contributed by atoms with Gasteiger partial charge in [0.1, 0.15) is 16.6 Å². The van der Waals surface area contributed by atoms with E-state index in [4.69, 9.17) is 4.98 Å². The van der Waals surface area contributed by atoms with Crippen LogP contribution < -0.4 is 5.32 Å². The first-order valence-electron chi connectivity index (χ1n) is 13.2. The van der Waals surface area contributed by atoms with E-state index in [1.807, 2.05) is 49.4 Å². The molecule has 0 aliphatic carbocycles. The maximum atomic E-state index is 13.4. The van der Waals surface area contributed by atoms with Crippen molar-refractivity contribution < 1.29 is 9.59 Å². The molecule has 0 saturated heterocycles. The van der Waals surface area contributed by atoms with Crippen LogP contribution in [0.4, 0.5) is 9.59 Å². The molecule has 0 saturated carbocycles. The number of carbonyl (C=O) groups is 2. The molecular weight excluding hydrogens is 520 g/mol. The Labute approximate surface area is 233 Å². The normalized spacial score (nSPS) is 13.0. The first-order valence-corrected chi connectivity index (χ1v) is 13.2. The van der Waals surface area contributed by atoms with Crippen LogP contribution in [0.15, 0.2) is 73.1 Å². The zero-order valence-corrected chi connectivity index (χ0v) is 22.1. The first-order chi connectivity index (χ1) is 20.0. The summed E-state index contributed by atoms with van der Waals surface area (Å²) >= 11 is 0. The van der Waals surface area contributed by atoms with Crippen LogP contribution in [0.5, 0.6) is 0 Å². The molecule has 2 amide bonds. The van der Waals surface area contributed by atoms with E-state index >= 15 is 0 Å². The Bertz CT molecular complexity index is 1960. The fourth-order valence-corrected chi connectivity index (χ4v) is 5.12. The van der Waals surface area contributed by atoms with Gasteiger partial charge in [-0.2, -0.15) is 4.68 Å². The SMILES string of the molecule is Cc1cc(-c2ccc3nnn(C(=O)N4CCc5ccccc5C4)c3n2)ccc1CNC(=O)n1nnc2cnccc21. The van der Waals surface area contributed by atoms with Crippen LogP contribution in [-0.2, 0) is 19.5 Å². The Kier molecular flexibility index (Phi) is 5.92. The van der Waals surface area contributed by atoms with Gasteiger partial charge in [0.05, 0.1) is 11.9 Å². The van der Waals surface area contributed by atoms with Gasteiger partial charge >= 0.3 is 12.1 Å². The van der Waals surface area contributed by atoms with Crippen molar-refractivity contribution in [2.75, 3.05) is 6.54 Å². The molecule has 4 aromatic heterocycles. The number of hydrogen-bond acceptors (Lipinski definition) is 8. The topological polar surface area (TPSA) is 137 Å². The second kappa shape index (κ2) is 9.90. The lowest BCUT2D eigenvalue weighted by molar-refractivity contribution is 0.191. The third-order valence-corrected chi connectivity index (χ3v) is 7.39. The summed E-state index contributed by atoms with van der Waals surface area (Å²) in [6, 6.07) is 18.8. The largest absolute Gasteiger partial charge is 0.348 e. The van der Waals surface area contributed by atoms with Gasteiger partial charge in [0.25, 0.3) is 0 Å². The van der Waals surface area contributed by atoms with E-state index in [1.54, 1.807) is 23.4 Å². The van der Waals surface area contributed by atoms with Gasteiger partial charge in [-0.1, -0.05) is 46.8 Å². The van der Waals surface area contributed by atoms with Crippen LogP contribution in [0.3, 0.4) is 0 Å². The highest BCUT2D eigenvalue weighted by molar-refractivity contribution is 5.88. The average molecular weight is 545 g/mol. The standard InChI is InChI=1S/C29H24N10O2/c1-18-14-20(6-7-21(18)15-31-28(40)38-26-10-12-30-16-25(26)34-35-38)23-8-9-24-27(32-23)39(36-33-24)29(41)37-13-11-19-4-2-3-5-22(19)17-37/h2-10,12,14,16H,11,13,15,17H2,1H3,(H,31,40). The number of nitrogens with one attached hydrogen (secondary N) is 1. The predicted octanol–water partition coefficient (Wildman–Crippen LogP) is 3.73. The second-order valence-corrected chi connectivity index (χ2v) is 9.93. The quantitative estimate of drug-likeness (QED) is 0.356. The number of pyridine rings is 2. The Morgan fingerprint density at radius 2 is 1.76 bits per heavy atom. The highest BCUT2D eigenvalue weighted by atomic mass is 16.2. The minimum absolute atomic E-state index is 0.245. The molecule has 12 heteroatoms. The molecule has 1 aliphatic rings. The lowest BCUT2D eigenvalue weighted by Crippen LogP contribution is -2.39. The van der Waals surface area contributed by atoms with E-state index in [0.717, 1.165) is 28.7 Å². The highest BCUT2D eigenvalue weighted by Gasteiger charge is 2.24. The third-order valence-electron chi connectivity index (χ3n) is 7.39. The van der Waals surface area contributed by atoms with Gasteiger partial charge in [0.2, 0.25) is 0 Å². The fraction of sp³-hybridized carbons (Fsp3) is 0.172. The average Bonchev–Trinajstić information content (AvgIpc) is 3.64. The van der Waals surface area contributed by atoms with Crippen molar-refractivity contribution in [3.05, 3.63) is 95.3 Å². The lowest BCUT2D eigenvalue weighted by Gasteiger charge is -2.28. The van der Waals surface area contributed by atoms with E-state index < -0.39 is 0 Å². The highest BCUT2D eigenvalue weighted by Crippen LogP contribution is 2.24. The molecule has 5 heterocycles. The maximum Gasteiger partial charge on any atom is 0.348 e. The van der Waals surface area contributed by atoms with Gasteiger partial charge in [0, 0.05) is 31.4 Å². The van der Waals surface area contributed by atoms with E-state index in [-0.39, 0.29) is 12.1 Å². The number of fused-ring (bicyclic) bond motifs is 3. The maximum absolute atomic E-state index is 13.4. The van der Waals surface area contributed by atoms with Crippen LogP contribution >= 0.6 is 0 Å². The zero-order valence-electron chi connectivity index (χ0n) is 22.1. The Morgan fingerprint density at radius 3 is 2.63 bits per heavy atom. The van der Waals surface area contributed by atoms with Gasteiger partial charge in [-0.3, -0.25) is 4.98 Å². The smallest absolute Gasteiger partial charge is 0.332 e. The van der Waals surface area contributed by atoms with E-state index in [2.05, 4.69) is 43.1 Å². The molecular formula is C29H24N10O2. The zero-order chi connectivity index (χ0) is 27.9. The number of amides is 2. The van der Waals surface area contributed by atoms with E-state index in [1.165, 1.54) is 14.9 Å². The fourth-order valence-electron chi connectivity index (χ4n) is 5.12. The van der Waals surface area contributed by atoms with Crippen molar-refractivity contribution in [2.24, 2.45) is 0 Å². The van der Waals surface area contributed by atoms with Crippen LogP contribution in [0.2, 0.25) is 0 Å². The molecule has 0 unspecified atom stereocenters. The summed E-state index contributed by atoms with van der Waals surface area (Å²) in [5.74, 6) is 0. The summed E-state index contributed by atoms with van der Waals surface area (Å²) in [5, 5.41) is 19.1. The van der Waals surface area contributed by atoms with Crippen molar-refractivity contribution >= 4 is 34.3 Å². The summed E-state index contributed by atoms with van der Waals surface area (Å²) < 4.78 is 2.51. The van der Waals surface area contributed by atoms with E-state index in [0.29, 0.717) is 47.5 Å². The molecule has 0 atom stereocenters. The Balaban J connectivity index is 1.10. The number of nitrogens with zero attached hydrogens (tertiary/aromatic N) is 9. The molecule has 6 aromatic rings. The summed E-state index contributed by atoms with van der Waals surface area (Å²) in [4.78, 5) is 36.7. The molecule has 1 N–H and O–H groups in total. The van der Waals surface area contributed by atoms with Crippen LogP contribution in [0.1, 0.15) is 22.3 Å². The molecule has 0 bridgehead atoms. The van der Waals surface area contributed by atoms with Gasteiger partial charge in [-0.25, -0.2) is 14.6 Å². The van der Waals surface area contributed by atoms with Crippen LogP contribution in [0.25, 0.3) is 33.5 Å². The number of rotatable bonds is 3. The van der Waals surface area contributed by atoms with E-state index in [9.17, 15) is 9.59 Å². The number of hydrogen-bond donors (Lipinski definition) is 1. The lowest BCUT2D eigenvalue weighted by atomic mass is 10.0. The number of aromatic nitrogens is 8. The molecule has 0 radical (unpaired) electrons. The van der Waals surface area contributed by atoms with Gasteiger partial charge in [-0.05, 0) is 59.9 Å². The summed E-state index contributed by atoms with van der Waals surface area (Å²) in [6.07, 6.45) is 3.95. The monoisotopic (exact) mass is 544 g/mol. The molecule has 7 rings (SSSR count). The second-order valence-electron chi connectivity index (χ2n) is 9.93. The van der Waals surface area contributed by atoms with Crippen molar-refractivity contribution in [1.82, 2.24) is 50.2 Å². The van der Waals surface area contributed by atoms with Gasteiger partial charge < -0.3 is 10.2 Å². The number of aryl methyl sites for hydroxylation is 1. The molecule has 202 valence electrons. The molecule has 41 heavy (non-hydrogen) atoms.